The molecule has 0 aliphatic carbocycles. The molecule has 2 atom stereocenters. The summed E-state index contributed by atoms with van der Waals surface area (Å²) in [5.74, 6) is 0.0842. The minimum absolute atomic E-state index is 0.00160. The molecule has 5 nitrogen and oxygen atoms in total. The van der Waals surface area contributed by atoms with E-state index in [0.717, 1.165) is 19.3 Å². The van der Waals surface area contributed by atoms with Crippen LogP contribution in [0.3, 0.4) is 0 Å². The number of amides is 2. The Bertz CT molecular complexity index is 377. The molecular weight excluding hydrogens is 256 g/mol. The maximum Gasteiger partial charge on any atom is 0.246 e. The summed E-state index contributed by atoms with van der Waals surface area (Å²) in [6.45, 7) is 7.42. The molecule has 0 radical (unpaired) electrons. The summed E-state index contributed by atoms with van der Waals surface area (Å²) >= 11 is 0. The van der Waals surface area contributed by atoms with Crippen molar-refractivity contribution in [3.8, 4) is 0 Å². The molecule has 0 bridgehead atoms. The number of nitrogens with one attached hydrogen (secondary N) is 1. The molecule has 114 valence electrons. The summed E-state index contributed by atoms with van der Waals surface area (Å²) < 4.78 is 5.42. The lowest BCUT2D eigenvalue weighted by molar-refractivity contribution is -0.161. The Balaban J connectivity index is 2.28. The van der Waals surface area contributed by atoms with Crippen LogP contribution >= 0.6 is 0 Å². The van der Waals surface area contributed by atoms with Gasteiger partial charge < -0.3 is 15.0 Å². The average molecular weight is 282 g/mol. The predicted octanol–water partition coefficient (Wildman–Crippen LogP) is 1.46. The number of nitrogens with zero attached hydrogens (tertiary/aromatic N) is 1. The number of hydrogen-bond acceptors (Lipinski definition) is 3. The monoisotopic (exact) mass is 282 g/mol. The molecule has 0 saturated carbocycles. The van der Waals surface area contributed by atoms with Crippen LogP contribution in [0.1, 0.15) is 52.9 Å². The van der Waals surface area contributed by atoms with E-state index in [4.69, 9.17) is 4.74 Å². The molecule has 2 heterocycles. The van der Waals surface area contributed by atoms with E-state index in [9.17, 15) is 9.59 Å². The molecule has 1 N–H and O–H groups in total. The fourth-order valence-corrected chi connectivity index (χ4v) is 3.31. The van der Waals surface area contributed by atoms with E-state index in [1.807, 2.05) is 18.7 Å². The van der Waals surface area contributed by atoms with Crippen molar-refractivity contribution in [1.82, 2.24) is 10.2 Å². The second kappa shape index (κ2) is 6.12. The summed E-state index contributed by atoms with van der Waals surface area (Å²) in [7, 11) is 0. The molecular formula is C15H26N2O3. The van der Waals surface area contributed by atoms with Gasteiger partial charge in [-0.25, -0.2) is 0 Å². The van der Waals surface area contributed by atoms with Crippen molar-refractivity contribution in [1.29, 1.82) is 0 Å². The molecule has 2 amide bonds. The van der Waals surface area contributed by atoms with Crippen LogP contribution in [0.15, 0.2) is 0 Å². The molecule has 20 heavy (non-hydrogen) atoms. The van der Waals surface area contributed by atoms with Crippen LogP contribution in [0.2, 0.25) is 0 Å². The van der Waals surface area contributed by atoms with Gasteiger partial charge in [0.15, 0.2) is 0 Å². The first kappa shape index (κ1) is 15.3. The van der Waals surface area contributed by atoms with Gasteiger partial charge in [-0.15, -0.1) is 0 Å². The van der Waals surface area contributed by atoms with Crippen LogP contribution in [-0.4, -0.2) is 47.6 Å². The maximum atomic E-state index is 12.8. The van der Waals surface area contributed by atoms with Crippen LogP contribution in [0, 0.1) is 0 Å². The van der Waals surface area contributed by atoms with Gasteiger partial charge in [0.1, 0.15) is 12.1 Å². The van der Waals surface area contributed by atoms with Crippen molar-refractivity contribution in [3.63, 3.8) is 0 Å². The molecule has 2 aliphatic rings. The first-order chi connectivity index (χ1) is 9.53. The highest BCUT2D eigenvalue weighted by molar-refractivity contribution is 5.97. The van der Waals surface area contributed by atoms with Gasteiger partial charge in [-0.2, -0.15) is 0 Å². The van der Waals surface area contributed by atoms with Crippen LogP contribution in [-0.2, 0) is 14.3 Å². The van der Waals surface area contributed by atoms with Gasteiger partial charge in [0.2, 0.25) is 11.8 Å². The first-order valence-electron chi connectivity index (χ1n) is 7.74. The highest BCUT2D eigenvalue weighted by Gasteiger charge is 2.48. The zero-order chi connectivity index (χ0) is 14.8. The van der Waals surface area contributed by atoms with Gasteiger partial charge >= 0.3 is 0 Å². The van der Waals surface area contributed by atoms with Crippen molar-refractivity contribution in [2.45, 2.75) is 70.5 Å². The Morgan fingerprint density at radius 2 is 1.95 bits per heavy atom. The van der Waals surface area contributed by atoms with Crippen molar-refractivity contribution in [2.75, 3.05) is 13.2 Å². The third-order valence-corrected chi connectivity index (χ3v) is 4.58. The molecule has 0 aromatic heterocycles. The summed E-state index contributed by atoms with van der Waals surface area (Å²) in [6, 6.07) is -0.686. The topological polar surface area (TPSA) is 58.6 Å². The lowest BCUT2D eigenvalue weighted by Gasteiger charge is -2.50. The summed E-state index contributed by atoms with van der Waals surface area (Å²) in [4.78, 5) is 27.0. The van der Waals surface area contributed by atoms with Crippen LogP contribution in [0.25, 0.3) is 0 Å². The van der Waals surface area contributed by atoms with Gasteiger partial charge in [0.05, 0.1) is 0 Å². The SMILES string of the molecule is CCCC1NC(=O)C(CC)N(C2(C)CCOCC2)C1=O. The molecule has 0 aromatic rings. The van der Waals surface area contributed by atoms with E-state index < -0.39 is 0 Å². The third kappa shape index (κ3) is 2.68. The molecule has 0 spiro atoms. The van der Waals surface area contributed by atoms with E-state index in [0.29, 0.717) is 26.1 Å². The van der Waals surface area contributed by atoms with Gasteiger partial charge in [0.25, 0.3) is 0 Å². The highest BCUT2D eigenvalue weighted by Crippen LogP contribution is 2.33. The Labute approximate surface area is 121 Å². The molecule has 2 saturated heterocycles. The predicted molar refractivity (Wildman–Crippen MR) is 76.2 cm³/mol. The molecule has 2 fully saturated rings. The van der Waals surface area contributed by atoms with Gasteiger partial charge in [0, 0.05) is 18.8 Å². The number of hydrogen-bond donors (Lipinski definition) is 1. The zero-order valence-electron chi connectivity index (χ0n) is 12.8. The smallest absolute Gasteiger partial charge is 0.246 e. The van der Waals surface area contributed by atoms with Gasteiger partial charge in [-0.1, -0.05) is 20.3 Å². The standard InChI is InChI=1S/C15H26N2O3/c1-4-6-11-14(19)17(12(5-2)13(18)16-11)15(3)7-9-20-10-8-15/h11-12H,4-10H2,1-3H3,(H,16,18). The number of ether oxygens (including phenoxy) is 1. The fourth-order valence-electron chi connectivity index (χ4n) is 3.31. The van der Waals surface area contributed by atoms with Crippen molar-refractivity contribution in [2.24, 2.45) is 0 Å². The lowest BCUT2D eigenvalue weighted by atomic mass is 9.85. The maximum absolute atomic E-state index is 12.8. The molecule has 0 aromatic carbocycles. The Morgan fingerprint density at radius 1 is 1.30 bits per heavy atom. The van der Waals surface area contributed by atoms with E-state index in [1.54, 1.807) is 0 Å². The quantitative estimate of drug-likeness (QED) is 0.849. The number of carbonyl (C=O) groups is 2. The number of piperazine rings is 1. The number of carbonyl (C=O) groups excluding carboxylic acids is 2. The summed E-state index contributed by atoms with van der Waals surface area (Å²) in [5.41, 5.74) is -0.250. The van der Waals surface area contributed by atoms with E-state index in [2.05, 4.69) is 12.2 Å². The summed E-state index contributed by atoms with van der Waals surface area (Å²) in [5, 5.41) is 2.89. The van der Waals surface area contributed by atoms with E-state index in [-0.39, 0.29) is 29.4 Å². The van der Waals surface area contributed by atoms with E-state index >= 15 is 0 Å². The normalized spacial score (nSPS) is 30.2. The van der Waals surface area contributed by atoms with Gasteiger partial charge in [-0.05, 0) is 32.6 Å². The molecule has 2 rings (SSSR count). The zero-order valence-corrected chi connectivity index (χ0v) is 12.8. The minimum Gasteiger partial charge on any atom is -0.381 e. The number of rotatable bonds is 4. The van der Waals surface area contributed by atoms with Crippen LogP contribution < -0.4 is 5.32 Å². The summed E-state index contributed by atoms with van der Waals surface area (Å²) in [6.07, 6.45) is 3.88. The first-order valence-corrected chi connectivity index (χ1v) is 7.74. The molecule has 2 unspecified atom stereocenters. The third-order valence-electron chi connectivity index (χ3n) is 4.58. The van der Waals surface area contributed by atoms with Crippen LogP contribution in [0.5, 0.6) is 0 Å². The highest BCUT2D eigenvalue weighted by atomic mass is 16.5. The largest absolute Gasteiger partial charge is 0.381 e. The van der Waals surface area contributed by atoms with Gasteiger partial charge in [-0.3, -0.25) is 9.59 Å². The second-order valence-electron chi connectivity index (χ2n) is 6.09. The average Bonchev–Trinajstić information content (AvgIpc) is 2.43. The van der Waals surface area contributed by atoms with Crippen molar-refractivity contribution in [3.05, 3.63) is 0 Å². The Hall–Kier alpha value is -1.10. The van der Waals surface area contributed by atoms with Crippen molar-refractivity contribution < 1.29 is 14.3 Å². The van der Waals surface area contributed by atoms with E-state index in [1.165, 1.54) is 0 Å². The van der Waals surface area contributed by atoms with Crippen LogP contribution in [0.4, 0.5) is 0 Å². The fraction of sp³-hybridized carbons (Fsp3) is 0.867. The molecule has 2 aliphatic heterocycles. The second-order valence-corrected chi connectivity index (χ2v) is 6.09. The minimum atomic E-state index is -0.352. The Morgan fingerprint density at radius 3 is 2.50 bits per heavy atom. The molecule has 5 heteroatoms. The Kier molecular flexibility index (Phi) is 4.68. The van der Waals surface area contributed by atoms with Crippen molar-refractivity contribution >= 4 is 11.8 Å². The lowest BCUT2D eigenvalue weighted by Crippen LogP contribution is -2.69.